The molecule has 1 amide bonds. The van der Waals surface area contributed by atoms with Crippen LogP contribution in [-0.2, 0) is 38.8 Å². The molecular formula is C26H28N2O5S2. The third-order valence-electron chi connectivity index (χ3n) is 5.91. The number of hydrogen-bond donors (Lipinski definition) is 1. The lowest BCUT2D eigenvalue weighted by molar-refractivity contribution is -0.114. The van der Waals surface area contributed by atoms with E-state index in [1.165, 1.54) is 23.5 Å². The van der Waals surface area contributed by atoms with E-state index in [9.17, 15) is 18.0 Å². The number of sulfonamides is 1. The van der Waals surface area contributed by atoms with Crippen molar-refractivity contribution in [2.45, 2.75) is 44.4 Å². The second kappa shape index (κ2) is 10.6. The van der Waals surface area contributed by atoms with Crippen molar-refractivity contribution in [1.82, 2.24) is 0 Å². The van der Waals surface area contributed by atoms with Gasteiger partial charge in [0.25, 0.3) is 10.0 Å². The first-order valence-corrected chi connectivity index (χ1v) is 13.9. The Kier molecular flexibility index (Phi) is 7.57. The zero-order valence-electron chi connectivity index (χ0n) is 19.7. The van der Waals surface area contributed by atoms with E-state index >= 15 is 0 Å². The molecule has 1 N–H and O–H groups in total. The summed E-state index contributed by atoms with van der Waals surface area (Å²) < 4.78 is 33.7. The summed E-state index contributed by atoms with van der Waals surface area (Å²) in [5, 5.41) is 3.23. The smallest absolute Gasteiger partial charge is 0.341 e. The van der Waals surface area contributed by atoms with Crippen LogP contribution in [0.1, 0.15) is 46.6 Å². The van der Waals surface area contributed by atoms with Crippen LogP contribution in [0.25, 0.3) is 0 Å². The van der Waals surface area contributed by atoms with E-state index in [-0.39, 0.29) is 11.5 Å². The van der Waals surface area contributed by atoms with Gasteiger partial charge in [0, 0.05) is 4.88 Å². The van der Waals surface area contributed by atoms with Crippen LogP contribution in [0.15, 0.2) is 59.5 Å². The van der Waals surface area contributed by atoms with E-state index in [0.29, 0.717) is 22.7 Å². The molecule has 9 heteroatoms. The third-order valence-corrected chi connectivity index (χ3v) is 8.89. The maximum absolute atomic E-state index is 13.6. The number of fused-ring (bicyclic) bond motifs is 1. The molecule has 3 aromatic rings. The van der Waals surface area contributed by atoms with Crippen LogP contribution in [0.3, 0.4) is 0 Å². The molecule has 1 aromatic heterocycles. The van der Waals surface area contributed by atoms with Crippen LogP contribution in [0.4, 0.5) is 10.7 Å². The predicted molar refractivity (Wildman–Crippen MR) is 138 cm³/mol. The largest absolute Gasteiger partial charge is 0.462 e. The van der Waals surface area contributed by atoms with Crippen LogP contribution in [0, 0.1) is 0 Å². The van der Waals surface area contributed by atoms with Gasteiger partial charge in [-0.15, -0.1) is 11.3 Å². The highest BCUT2D eigenvalue weighted by Crippen LogP contribution is 2.39. The molecular weight excluding hydrogens is 484 g/mol. The van der Waals surface area contributed by atoms with Crippen molar-refractivity contribution in [3.05, 3.63) is 76.2 Å². The monoisotopic (exact) mass is 512 g/mol. The van der Waals surface area contributed by atoms with E-state index in [2.05, 4.69) is 5.32 Å². The molecule has 184 valence electrons. The number of carbonyl (C=O) groups is 2. The van der Waals surface area contributed by atoms with Gasteiger partial charge >= 0.3 is 5.97 Å². The van der Waals surface area contributed by atoms with Gasteiger partial charge in [0.2, 0.25) is 5.91 Å². The number of para-hydroxylation sites is 1. The molecule has 0 fully saturated rings. The van der Waals surface area contributed by atoms with Gasteiger partial charge in [-0.3, -0.25) is 9.10 Å². The average Bonchev–Trinajstić information content (AvgIpc) is 3.44. The molecule has 2 aromatic carbocycles. The Morgan fingerprint density at radius 1 is 1.03 bits per heavy atom. The average molecular weight is 513 g/mol. The highest BCUT2D eigenvalue weighted by atomic mass is 32.2. The summed E-state index contributed by atoms with van der Waals surface area (Å²) in [4.78, 5) is 27.1. The van der Waals surface area contributed by atoms with Gasteiger partial charge in [-0.2, -0.15) is 0 Å². The molecule has 0 spiro atoms. The summed E-state index contributed by atoms with van der Waals surface area (Å²) in [5.74, 6) is -0.992. The molecule has 0 unspecified atom stereocenters. The van der Waals surface area contributed by atoms with Crippen molar-refractivity contribution in [3.63, 3.8) is 0 Å². The van der Waals surface area contributed by atoms with Gasteiger partial charge in [0.1, 0.15) is 11.5 Å². The van der Waals surface area contributed by atoms with Crippen molar-refractivity contribution in [3.8, 4) is 0 Å². The Morgan fingerprint density at radius 3 is 2.46 bits per heavy atom. The minimum Gasteiger partial charge on any atom is -0.462 e. The minimum absolute atomic E-state index is 0.0982. The van der Waals surface area contributed by atoms with Gasteiger partial charge < -0.3 is 10.1 Å². The SMILES string of the molecule is CCOC(=O)c1c(NC(=O)CN(c2ccccc2CC)S(=O)(=O)c2ccccc2)sc2c1CCC2. The van der Waals surface area contributed by atoms with Crippen LogP contribution >= 0.6 is 11.3 Å². The lowest BCUT2D eigenvalue weighted by atomic mass is 10.1. The maximum atomic E-state index is 13.6. The molecule has 0 radical (unpaired) electrons. The number of benzene rings is 2. The Labute approximate surface area is 209 Å². The van der Waals surface area contributed by atoms with E-state index in [0.717, 1.165) is 39.6 Å². The van der Waals surface area contributed by atoms with Gasteiger partial charge in [0.15, 0.2) is 0 Å². The number of rotatable bonds is 9. The van der Waals surface area contributed by atoms with Gasteiger partial charge in [0.05, 0.1) is 22.8 Å². The molecule has 1 heterocycles. The first kappa shape index (κ1) is 24.9. The number of thiophene rings is 1. The summed E-state index contributed by atoms with van der Waals surface area (Å²) in [5.41, 5.74) is 2.58. The van der Waals surface area contributed by atoms with Crippen molar-refractivity contribution in [2.75, 3.05) is 22.8 Å². The quantitative estimate of drug-likeness (QED) is 0.416. The number of hydrogen-bond acceptors (Lipinski definition) is 6. The Morgan fingerprint density at radius 2 is 1.74 bits per heavy atom. The zero-order valence-corrected chi connectivity index (χ0v) is 21.4. The highest BCUT2D eigenvalue weighted by Gasteiger charge is 2.31. The topological polar surface area (TPSA) is 92.8 Å². The first-order chi connectivity index (χ1) is 16.9. The number of nitrogens with zero attached hydrogens (tertiary/aromatic N) is 1. The summed E-state index contributed by atoms with van der Waals surface area (Å²) >= 11 is 1.36. The van der Waals surface area contributed by atoms with Crippen molar-refractivity contribution < 1.29 is 22.7 Å². The number of carbonyl (C=O) groups excluding carboxylic acids is 2. The van der Waals surface area contributed by atoms with Crippen LogP contribution in [-0.4, -0.2) is 33.4 Å². The third kappa shape index (κ3) is 5.11. The van der Waals surface area contributed by atoms with Crippen LogP contribution < -0.4 is 9.62 Å². The number of anilines is 2. The molecule has 0 saturated carbocycles. The molecule has 1 aliphatic carbocycles. The van der Waals surface area contributed by atoms with E-state index < -0.39 is 28.4 Å². The molecule has 35 heavy (non-hydrogen) atoms. The molecule has 1 aliphatic rings. The molecule has 0 saturated heterocycles. The fourth-order valence-corrected chi connectivity index (χ4v) is 7.05. The highest BCUT2D eigenvalue weighted by molar-refractivity contribution is 7.92. The molecule has 0 atom stereocenters. The van der Waals surface area contributed by atoms with E-state index in [1.54, 1.807) is 37.3 Å². The number of nitrogens with one attached hydrogen (secondary N) is 1. The maximum Gasteiger partial charge on any atom is 0.341 e. The Bertz CT molecular complexity index is 1330. The Hall–Kier alpha value is -3.17. The molecule has 7 nitrogen and oxygen atoms in total. The standard InChI is InChI=1S/C26H28N2O5S2/c1-3-18-11-8-9-15-21(18)28(35(31,32)19-12-6-5-7-13-19)17-23(29)27-25-24(26(30)33-4-2)20-14-10-16-22(20)34-25/h5-9,11-13,15H,3-4,10,14,16-17H2,1-2H3,(H,27,29). The lowest BCUT2D eigenvalue weighted by Gasteiger charge is -2.26. The van der Waals surface area contributed by atoms with Crippen molar-refractivity contribution >= 4 is 43.9 Å². The van der Waals surface area contributed by atoms with Gasteiger partial charge in [-0.1, -0.05) is 43.3 Å². The summed E-state index contributed by atoms with van der Waals surface area (Å²) in [7, 11) is -4.02. The summed E-state index contributed by atoms with van der Waals surface area (Å²) in [6.07, 6.45) is 3.16. The minimum atomic E-state index is -4.02. The number of aryl methyl sites for hydroxylation is 2. The van der Waals surface area contributed by atoms with E-state index in [4.69, 9.17) is 4.74 Å². The molecule has 0 aliphatic heterocycles. The summed E-state index contributed by atoms with van der Waals surface area (Å²) in [6.45, 7) is 3.47. The molecule has 4 rings (SSSR count). The Balaban J connectivity index is 1.69. The normalized spacial score (nSPS) is 12.7. The second-order valence-electron chi connectivity index (χ2n) is 8.14. The second-order valence-corrected chi connectivity index (χ2v) is 11.1. The lowest BCUT2D eigenvalue weighted by Crippen LogP contribution is -2.38. The number of ether oxygens (including phenoxy) is 1. The first-order valence-electron chi connectivity index (χ1n) is 11.6. The fraction of sp³-hybridized carbons (Fsp3) is 0.308. The van der Waals surface area contributed by atoms with E-state index in [1.807, 2.05) is 19.1 Å². The number of amides is 1. The number of esters is 1. The van der Waals surface area contributed by atoms with Crippen LogP contribution in [0.5, 0.6) is 0 Å². The van der Waals surface area contributed by atoms with Crippen molar-refractivity contribution in [1.29, 1.82) is 0 Å². The van der Waals surface area contributed by atoms with Gasteiger partial charge in [-0.05, 0) is 61.9 Å². The zero-order chi connectivity index (χ0) is 25.0. The summed E-state index contributed by atoms with van der Waals surface area (Å²) in [6, 6.07) is 15.2. The van der Waals surface area contributed by atoms with Gasteiger partial charge in [-0.25, -0.2) is 13.2 Å². The predicted octanol–water partition coefficient (Wildman–Crippen LogP) is 4.81. The molecule has 0 bridgehead atoms. The fourth-order valence-electron chi connectivity index (χ4n) is 4.28. The van der Waals surface area contributed by atoms with Crippen molar-refractivity contribution in [2.24, 2.45) is 0 Å². The van der Waals surface area contributed by atoms with Crippen LogP contribution in [0.2, 0.25) is 0 Å².